The second-order valence-electron chi connectivity index (χ2n) is 6.34. The van der Waals surface area contributed by atoms with Crippen molar-refractivity contribution in [3.63, 3.8) is 0 Å². The normalized spacial score (nSPS) is 15.2. The molecular formula is C18H15Cl2N3O3S2. The van der Waals surface area contributed by atoms with E-state index < -0.39 is 15.9 Å². The highest BCUT2D eigenvalue weighted by molar-refractivity contribution is 7.89. The maximum atomic E-state index is 12.8. The minimum atomic E-state index is -3.64. The average Bonchev–Trinajstić information content (AvgIpc) is 3.31. The summed E-state index contributed by atoms with van der Waals surface area (Å²) in [5.41, 5.74) is 0.792. The summed E-state index contributed by atoms with van der Waals surface area (Å²) in [7, 11) is -3.64. The van der Waals surface area contributed by atoms with E-state index in [9.17, 15) is 13.2 Å². The Hall–Kier alpha value is -1.71. The SMILES string of the molecule is O=C(Nc1nc2ccc(Cl)cc2s1)c1cc(S(=O)(=O)N2CCCC2)ccc1Cl. The summed E-state index contributed by atoms with van der Waals surface area (Å²) in [6.07, 6.45) is 1.67. The van der Waals surface area contributed by atoms with Crippen LogP contribution in [-0.4, -0.2) is 36.7 Å². The van der Waals surface area contributed by atoms with E-state index in [1.807, 2.05) is 0 Å². The number of sulfonamides is 1. The molecule has 146 valence electrons. The first-order chi connectivity index (χ1) is 13.3. The lowest BCUT2D eigenvalue weighted by molar-refractivity contribution is 0.102. The molecule has 28 heavy (non-hydrogen) atoms. The molecule has 0 saturated carbocycles. The van der Waals surface area contributed by atoms with Crippen molar-refractivity contribution >= 4 is 65.8 Å². The van der Waals surface area contributed by atoms with Crippen molar-refractivity contribution in [1.29, 1.82) is 0 Å². The molecule has 0 spiro atoms. The van der Waals surface area contributed by atoms with Crippen LogP contribution in [0.2, 0.25) is 10.0 Å². The molecule has 4 rings (SSSR count). The molecule has 6 nitrogen and oxygen atoms in total. The highest BCUT2D eigenvalue weighted by Crippen LogP contribution is 2.30. The van der Waals surface area contributed by atoms with E-state index in [1.165, 1.54) is 33.8 Å². The van der Waals surface area contributed by atoms with Crippen molar-refractivity contribution in [2.75, 3.05) is 18.4 Å². The fourth-order valence-electron chi connectivity index (χ4n) is 3.03. The summed E-state index contributed by atoms with van der Waals surface area (Å²) < 4.78 is 27.8. The van der Waals surface area contributed by atoms with E-state index in [2.05, 4.69) is 10.3 Å². The lowest BCUT2D eigenvalue weighted by Crippen LogP contribution is -2.28. The second kappa shape index (κ2) is 7.61. The lowest BCUT2D eigenvalue weighted by atomic mass is 10.2. The molecule has 10 heteroatoms. The number of aromatic nitrogens is 1. The number of anilines is 1. The first kappa shape index (κ1) is 19.6. The molecule has 1 fully saturated rings. The van der Waals surface area contributed by atoms with Gasteiger partial charge in [-0.25, -0.2) is 13.4 Å². The fraction of sp³-hybridized carbons (Fsp3) is 0.222. The van der Waals surface area contributed by atoms with Crippen LogP contribution in [0.25, 0.3) is 10.2 Å². The van der Waals surface area contributed by atoms with Crippen molar-refractivity contribution in [3.8, 4) is 0 Å². The molecule has 3 aromatic rings. The quantitative estimate of drug-likeness (QED) is 0.621. The highest BCUT2D eigenvalue weighted by atomic mass is 35.5. The molecule has 1 aliphatic heterocycles. The van der Waals surface area contributed by atoms with Crippen LogP contribution in [-0.2, 0) is 10.0 Å². The Kier molecular flexibility index (Phi) is 5.32. The average molecular weight is 456 g/mol. The van der Waals surface area contributed by atoms with E-state index >= 15 is 0 Å². The molecule has 1 amide bonds. The topological polar surface area (TPSA) is 79.4 Å². The van der Waals surface area contributed by atoms with E-state index in [4.69, 9.17) is 23.2 Å². The van der Waals surface area contributed by atoms with Gasteiger partial charge in [0.25, 0.3) is 5.91 Å². The van der Waals surface area contributed by atoms with Crippen LogP contribution in [0.3, 0.4) is 0 Å². The van der Waals surface area contributed by atoms with Gasteiger partial charge in [-0.2, -0.15) is 4.31 Å². The third kappa shape index (κ3) is 3.75. The van der Waals surface area contributed by atoms with Crippen LogP contribution in [0, 0.1) is 0 Å². The number of carbonyl (C=O) groups is 1. The summed E-state index contributed by atoms with van der Waals surface area (Å²) in [4.78, 5) is 17.1. The Morgan fingerprint density at radius 3 is 2.61 bits per heavy atom. The number of amides is 1. The van der Waals surface area contributed by atoms with Gasteiger partial charge in [0, 0.05) is 18.1 Å². The Morgan fingerprint density at radius 1 is 1.11 bits per heavy atom. The van der Waals surface area contributed by atoms with Crippen molar-refractivity contribution < 1.29 is 13.2 Å². The predicted molar refractivity (Wildman–Crippen MR) is 112 cm³/mol. The Morgan fingerprint density at radius 2 is 1.86 bits per heavy atom. The number of thiazole rings is 1. The van der Waals surface area contributed by atoms with Gasteiger partial charge in [-0.1, -0.05) is 34.5 Å². The van der Waals surface area contributed by atoms with Gasteiger partial charge in [-0.15, -0.1) is 0 Å². The predicted octanol–water partition coefficient (Wildman–Crippen LogP) is 4.64. The Bertz CT molecular complexity index is 1170. The van der Waals surface area contributed by atoms with Gasteiger partial charge >= 0.3 is 0 Å². The van der Waals surface area contributed by atoms with Gasteiger partial charge in [0.05, 0.1) is 25.7 Å². The van der Waals surface area contributed by atoms with E-state index in [1.54, 1.807) is 18.2 Å². The molecule has 1 aromatic heterocycles. The maximum absolute atomic E-state index is 12.8. The van der Waals surface area contributed by atoms with Crippen molar-refractivity contribution in [3.05, 3.63) is 52.0 Å². The van der Waals surface area contributed by atoms with Crippen LogP contribution >= 0.6 is 34.5 Å². The molecule has 2 heterocycles. The number of nitrogens with zero attached hydrogens (tertiary/aromatic N) is 2. The summed E-state index contributed by atoms with van der Waals surface area (Å²) in [5.74, 6) is -0.520. The van der Waals surface area contributed by atoms with E-state index in [-0.39, 0.29) is 15.5 Å². The number of carbonyl (C=O) groups excluding carboxylic acids is 1. The molecule has 0 atom stereocenters. The van der Waals surface area contributed by atoms with Gasteiger partial charge in [0.15, 0.2) is 5.13 Å². The van der Waals surface area contributed by atoms with Gasteiger partial charge in [-0.3, -0.25) is 10.1 Å². The molecule has 1 N–H and O–H groups in total. The molecule has 0 bridgehead atoms. The van der Waals surface area contributed by atoms with Crippen LogP contribution in [0.15, 0.2) is 41.3 Å². The molecular weight excluding hydrogens is 441 g/mol. The Balaban J connectivity index is 1.63. The third-order valence-corrected chi connectivity index (χ3v) is 7.85. The molecule has 0 unspecified atom stereocenters. The number of benzene rings is 2. The largest absolute Gasteiger partial charge is 0.298 e. The van der Waals surface area contributed by atoms with Gasteiger partial charge in [0.2, 0.25) is 10.0 Å². The van der Waals surface area contributed by atoms with Crippen molar-refractivity contribution in [2.24, 2.45) is 0 Å². The van der Waals surface area contributed by atoms with Gasteiger partial charge < -0.3 is 0 Å². The molecule has 1 saturated heterocycles. The van der Waals surface area contributed by atoms with Crippen LogP contribution in [0.4, 0.5) is 5.13 Å². The zero-order valence-electron chi connectivity index (χ0n) is 14.5. The Labute approximate surface area is 176 Å². The summed E-state index contributed by atoms with van der Waals surface area (Å²) >= 11 is 13.4. The zero-order valence-corrected chi connectivity index (χ0v) is 17.6. The smallest absolute Gasteiger partial charge is 0.259 e. The zero-order chi connectivity index (χ0) is 19.9. The van der Waals surface area contributed by atoms with Gasteiger partial charge in [-0.05, 0) is 49.2 Å². The molecule has 1 aliphatic rings. The fourth-order valence-corrected chi connectivity index (χ4v) is 5.92. The van der Waals surface area contributed by atoms with E-state index in [0.29, 0.717) is 28.8 Å². The first-order valence-electron chi connectivity index (χ1n) is 8.52. The molecule has 2 aromatic carbocycles. The maximum Gasteiger partial charge on any atom is 0.259 e. The number of rotatable bonds is 4. The number of nitrogens with one attached hydrogen (secondary N) is 1. The van der Waals surface area contributed by atoms with Gasteiger partial charge in [0.1, 0.15) is 0 Å². The number of halogens is 2. The second-order valence-corrected chi connectivity index (χ2v) is 10.2. The highest BCUT2D eigenvalue weighted by Gasteiger charge is 2.28. The third-order valence-electron chi connectivity index (χ3n) is 4.46. The summed E-state index contributed by atoms with van der Waals surface area (Å²) in [5, 5.41) is 3.82. The summed E-state index contributed by atoms with van der Waals surface area (Å²) in [6.45, 7) is 0.974. The number of hydrogen-bond donors (Lipinski definition) is 1. The lowest BCUT2D eigenvalue weighted by Gasteiger charge is -2.16. The molecule has 0 aliphatic carbocycles. The van der Waals surface area contributed by atoms with Crippen LogP contribution in [0.1, 0.15) is 23.2 Å². The van der Waals surface area contributed by atoms with Crippen molar-refractivity contribution in [2.45, 2.75) is 17.7 Å². The van der Waals surface area contributed by atoms with Crippen molar-refractivity contribution in [1.82, 2.24) is 9.29 Å². The monoisotopic (exact) mass is 455 g/mol. The van der Waals surface area contributed by atoms with Crippen LogP contribution in [0.5, 0.6) is 0 Å². The summed E-state index contributed by atoms with van der Waals surface area (Å²) in [6, 6.07) is 9.42. The minimum Gasteiger partial charge on any atom is -0.298 e. The van der Waals surface area contributed by atoms with E-state index in [0.717, 1.165) is 17.5 Å². The first-order valence-corrected chi connectivity index (χ1v) is 11.5. The van der Waals surface area contributed by atoms with Crippen LogP contribution < -0.4 is 5.32 Å². The standard InChI is InChI=1S/C18H15Cl2N3O3S2/c19-11-3-6-15-16(9-11)27-18(21-15)22-17(24)13-10-12(4-5-14(13)20)28(25,26)23-7-1-2-8-23/h3-6,9-10H,1-2,7-8H2,(H,21,22,24). The minimum absolute atomic E-state index is 0.0556. The number of fused-ring (bicyclic) bond motifs is 1. The number of hydrogen-bond acceptors (Lipinski definition) is 5. The molecule has 0 radical (unpaired) electrons.